The van der Waals surface area contributed by atoms with E-state index in [1.165, 1.54) is 7.11 Å². The van der Waals surface area contributed by atoms with Crippen LogP contribution in [0, 0.1) is 5.92 Å². The van der Waals surface area contributed by atoms with Crippen LogP contribution < -0.4 is 11.1 Å². The van der Waals surface area contributed by atoms with Crippen LogP contribution in [0.1, 0.15) is 25.8 Å². The summed E-state index contributed by atoms with van der Waals surface area (Å²) in [7, 11) is 1.30. The highest BCUT2D eigenvalue weighted by Crippen LogP contribution is 2.15. The van der Waals surface area contributed by atoms with Gasteiger partial charge in [0, 0.05) is 6.42 Å². The van der Waals surface area contributed by atoms with E-state index >= 15 is 0 Å². The van der Waals surface area contributed by atoms with E-state index in [1.807, 2.05) is 30.3 Å². The third-order valence-corrected chi connectivity index (χ3v) is 3.56. The predicted molar refractivity (Wildman–Crippen MR) is 86.5 cm³/mol. The summed E-state index contributed by atoms with van der Waals surface area (Å²) < 4.78 is 4.79. The maximum absolute atomic E-state index is 12.3. The van der Waals surface area contributed by atoms with E-state index in [0.29, 0.717) is 6.42 Å². The second-order valence-electron chi connectivity index (χ2n) is 5.60. The van der Waals surface area contributed by atoms with E-state index < -0.39 is 29.9 Å². The lowest BCUT2D eigenvalue weighted by molar-refractivity contribution is -0.147. The first-order chi connectivity index (χ1) is 10.8. The van der Waals surface area contributed by atoms with E-state index in [0.717, 1.165) is 5.56 Å². The molecular formula is C17H24N2O4. The van der Waals surface area contributed by atoms with E-state index in [4.69, 9.17) is 10.5 Å². The molecule has 0 aromatic heterocycles. The number of hydrogen-bond acceptors (Lipinski definition) is 5. The Bertz CT molecular complexity index is 543. The van der Waals surface area contributed by atoms with Crippen LogP contribution in [0.4, 0.5) is 0 Å². The highest BCUT2D eigenvalue weighted by Gasteiger charge is 2.26. The Balaban J connectivity index is 2.71. The van der Waals surface area contributed by atoms with Crippen LogP contribution in [0.25, 0.3) is 0 Å². The maximum atomic E-state index is 12.3. The molecule has 0 fully saturated rings. The first-order valence-electron chi connectivity index (χ1n) is 7.55. The van der Waals surface area contributed by atoms with Gasteiger partial charge in [0.15, 0.2) is 5.78 Å². The van der Waals surface area contributed by atoms with Gasteiger partial charge in [-0.15, -0.1) is 0 Å². The minimum absolute atomic E-state index is 0.00195. The number of ketones is 1. The van der Waals surface area contributed by atoms with Crippen molar-refractivity contribution in [1.82, 2.24) is 5.32 Å². The Hall–Kier alpha value is -2.21. The molecule has 6 heteroatoms. The molecule has 3 atom stereocenters. The molecule has 0 aliphatic heterocycles. The second-order valence-corrected chi connectivity index (χ2v) is 5.60. The Morgan fingerprint density at radius 1 is 1.17 bits per heavy atom. The molecule has 0 spiro atoms. The monoisotopic (exact) mass is 320 g/mol. The van der Waals surface area contributed by atoms with Gasteiger partial charge in [0.25, 0.3) is 0 Å². The van der Waals surface area contributed by atoms with Gasteiger partial charge in [-0.25, -0.2) is 0 Å². The molecule has 0 radical (unpaired) electrons. The number of carbonyl (C=O) groups excluding carboxylic acids is 3. The summed E-state index contributed by atoms with van der Waals surface area (Å²) in [4.78, 5) is 35.7. The molecule has 0 aliphatic rings. The lowest BCUT2D eigenvalue weighted by Gasteiger charge is -2.18. The average Bonchev–Trinajstić information content (AvgIpc) is 2.54. The largest absolute Gasteiger partial charge is 0.469 e. The number of benzene rings is 1. The van der Waals surface area contributed by atoms with Crippen LogP contribution in [0.3, 0.4) is 0 Å². The fourth-order valence-electron chi connectivity index (χ4n) is 2.15. The predicted octanol–water partition coefficient (Wildman–Crippen LogP) is 0.829. The molecule has 0 saturated heterocycles. The number of rotatable bonds is 8. The molecule has 0 saturated carbocycles. The summed E-state index contributed by atoms with van der Waals surface area (Å²) in [5, 5.41) is 2.54. The van der Waals surface area contributed by atoms with Gasteiger partial charge in [0.1, 0.15) is 0 Å². The highest BCUT2D eigenvalue weighted by atomic mass is 16.5. The van der Waals surface area contributed by atoms with Crippen molar-refractivity contribution in [3.63, 3.8) is 0 Å². The fourth-order valence-corrected chi connectivity index (χ4v) is 2.15. The fraction of sp³-hybridized carbons (Fsp3) is 0.471. The van der Waals surface area contributed by atoms with Gasteiger partial charge in [-0.3, -0.25) is 14.4 Å². The van der Waals surface area contributed by atoms with Crippen molar-refractivity contribution in [2.75, 3.05) is 7.11 Å². The number of nitrogens with two attached hydrogens (primary N) is 1. The quantitative estimate of drug-likeness (QED) is 0.691. The van der Waals surface area contributed by atoms with Crippen molar-refractivity contribution >= 4 is 17.7 Å². The van der Waals surface area contributed by atoms with Crippen LogP contribution in [-0.4, -0.2) is 36.9 Å². The molecule has 0 heterocycles. The minimum atomic E-state index is -0.698. The molecular weight excluding hydrogens is 296 g/mol. The van der Waals surface area contributed by atoms with Crippen LogP contribution in [0.2, 0.25) is 0 Å². The zero-order valence-electron chi connectivity index (χ0n) is 13.7. The number of carbonyl (C=O) groups is 3. The Labute approximate surface area is 136 Å². The maximum Gasteiger partial charge on any atom is 0.309 e. The zero-order valence-corrected chi connectivity index (χ0v) is 13.7. The van der Waals surface area contributed by atoms with E-state index in [9.17, 15) is 14.4 Å². The first-order valence-corrected chi connectivity index (χ1v) is 7.55. The second kappa shape index (κ2) is 9.05. The highest BCUT2D eigenvalue weighted by molar-refractivity contribution is 5.92. The lowest BCUT2D eigenvalue weighted by Crippen LogP contribution is -2.46. The van der Waals surface area contributed by atoms with Crippen LogP contribution in [0.15, 0.2) is 30.3 Å². The van der Waals surface area contributed by atoms with Crippen LogP contribution in [-0.2, 0) is 25.5 Å². The van der Waals surface area contributed by atoms with Gasteiger partial charge in [-0.05, 0) is 25.8 Å². The molecule has 1 aromatic carbocycles. The van der Waals surface area contributed by atoms with E-state index in [-0.39, 0.29) is 12.2 Å². The SMILES string of the molecule is COC(=O)C(CC(=O)[C@H](C)NC(=O)[C@H](C)N)Cc1ccccc1. The van der Waals surface area contributed by atoms with Crippen molar-refractivity contribution < 1.29 is 19.1 Å². The van der Waals surface area contributed by atoms with Gasteiger partial charge in [-0.2, -0.15) is 0 Å². The summed E-state index contributed by atoms with van der Waals surface area (Å²) in [6.07, 6.45) is 0.412. The van der Waals surface area contributed by atoms with Crippen molar-refractivity contribution in [3.05, 3.63) is 35.9 Å². The van der Waals surface area contributed by atoms with E-state index in [1.54, 1.807) is 13.8 Å². The van der Waals surface area contributed by atoms with E-state index in [2.05, 4.69) is 5.32 Å². The Morgan fingerprint density at radius 2 is 1.78 bits per heavy atom. The number of nitrogens with one attached hydrogen (secondary N) is 1. The third kappa shape index (κ3) is 6.20. The molecule has 3 N–H and O–H groups in total. The summed E-state index contributed by atoms with van der Waals surface area (Å²) in [6, 6.07) is 8.02. The normalized spacial score (nSPS) is 14.4. The van der Waals surface area contributed by atoms with Crippen molar-refractivity contribution in [3.8, 4) is 0 Å². The molecule has 6 nitrogen and oxygen atoms in total. The number of esters is 1. The Kier molecular flexibility index (Phi) is 7.41. The van der Waals surface area contributed by atoms with Crippen molar-refractivity contribution in [1.29, 1.82) is 0 Å². The van der Waals surface area contributed by atoms with Gasteiger partial charge in [0.05, 0.1) is 25.1 Å². The van der Waals surface area contributed by atoms with Crippen LogP contribution in [0.5, 0.6) is 0 Å². The van der Waals surface area contributed by atoms with Gasteiger partial charge in [-0.1, -0.05) is 30.3 Å². The topological polar surface area (TPSA) is 98.5 Å². The average molecular weight is 320 g/mol. The lowest BCUT2D eigenvalue weighted by atomic mass is 9.92. The summed E-state index contributed by atoms with van der Waals surface area (Å²) in [5.74, 6) is -1.65. The number of methoxy groups -OCH3 is 1. The molecule has 1 unspecified atom stereocenters. The zero-order chi connectivity index (χ0) is 17.4. The van der Waals surface area contributed by atoms with Crippen molar-refractivity contribution in [2.45, 2.75) is 38.8 Å². The smallest absolute Gasteiger partial charge is 0.309 e. The number of Topliss-reactive ketones (excluding diaryl/α,β-unsaturated/α-hetero) is 1. The Morgan fingerprint density at radius 3 is 2.30 bits per heavy atom. The summed E-state index contributed by atoms with van der Waals surface area (Å²) in [6.45, 7) is 3.12. The molecule has 1 amide bonds. The number of amides is 1. The summed E-state index contributed by atoms with van der Waals surface area (Å²) >= 11 is 0. The first kappa shape index (κ1) is 18.8. The van der Waals surface area contributed by atoms with Gasteiger partial charge < -0.3 is 15.8 Å². The molecule has 126 valence electrons. The van der Waals surface area contributed by atoms with Crippen molar-refractivity contribution in [2.24, 2.45) is 11.7 Å². The number of ether oxygens (including phenoxy) is 1. The standard InChI is InChI=1S/C17H24N2O4/c1-11(18)16(21)19-12(2)15(20)10-14(17(22)23-3)9-13-7-5-4-6-8-13/h4-8,11-12,14H,9-10,18H2,1-3H3,(H,19,21)/t11-,12-,14?/m0/s1. The minimum Gasteiger partial charge on any atom is -0.469 e. The molecule has 1 rings (SSSR count). The molecule has 0 bridgehead atoms. The third-order valence-electron chi connectivity index (χ3n) is 3.56. The van der Waals surface area contributed by atoms with Crippen LogP contribution >= 0.6 is 0 Å². The summed E-state index contributed by atoms with van der Waals surface area (Å²) in [5.41, 5.74) is 6.41. The van der Waals surface area contributed by atoms with Gasteiger partial charge >= 0.3 is 5.97 Å². The molecule has 1 aromatic rings. The molecule has 23 heavy (non-hydrogen) atoms. The number of hydrogen-bond donors (Lipinski definition) is 2. The molecule has 0 aliphatic carbocycles. The van der Waals surface area contributed by atoms with Gasteiger partial charge in [0.2, 0.25) is 5.91 Å².